The molecule has 1 aliphatic rings. The molecule has 0 bridgehead atoms. The zero-order chi connectivity index (χ0) is 21.1. The first-order chi connectivity index (χ1) is 14.5. The number of benzene rings is 3. The molecule has 0 spiro atoms. The van der Waals surface area contributed by atoms with Crippen LogP contribution in [0.25, 0.3) is 5.57 Å². The molecule has 30 heavy (non-hydrogen) atoms. The predicted octanol–water partition coefficient (Wildman–Crippen LogP) is 5.08. The Hall–Kier alpha value is -3.37. The summed E-state index contributed by atoms with van der Waals surface area (Å²) >= 11 is 5.95. The van der Waals surface area contributed by atoms with Gasteiger partial charge in [-0.2, -0.15) is 0 Å². The molecule has 0 aromatic heterocycles. The van der Waals surface area contributed by atoms with E-state index in [4.69, 9.17) is 11.6 Å². The van der Waals surface area contributed by atoms with Crippen molar-refractivity contribution in [3.8, 4) is 0 Å². The average Bonchev–Trinajstić information content (AvgIpc) is 2.99. The number of halogens is 1. The first-order valence-corrected chi connectivity index (χ1v) is 10.2. The van der Waals surface area contributed by atoms with Gasteiger partial charge in [0.15, 0.2) is 0 Å². The Kier molecular flexibility index (Phi) is 5.68. The number of para-hydroxylation sites is 1. The van der Waals surface area contributed by atoms with Gasteiger partial charge in [0.25, 0.3) is 11.8 Å². The van der Waals surface area contributed by atoms with Crippen molar-refractivity contribution in [2.24, 2.45) is 0 Å². The number of rotatable bonds is 6. The number of carbonyl (C=O) groups is 2. The van der Waals surface area contributed by atoms with Gasteiger partial charge in [0.05, 0.1) is 5.57 Å². The summed E-state index contributed by atoms with van der Waals surface area (Å²) in [5.74, 6) is -0.590. The standard InChI is InChI=1S/C25H21ClN2O2/c1-17-7-5-6-10-21(17)27-23-22(19-8-3-2-4-9-19)24(29)28(25(23)30)16-15-18-11-13-20(26)14-12-18/h2-14,27H,15-16H2,1H3. The molecule has 0 saturated heterocycles. The molecule has 1 N–H and O–H groups in total. The number of nitrogens with one attached hydrogen (secondary N) is 1. The third kappa shape index (κ3) is 4.00. The third-order valence-electron chi connectivity index (χ3n) is 5.17. The lowest BCUT2D eigenvalue weighted by Gasteiger charge is -2.15. The van der Waals surface area contributed by atoms with Gasteiger partial charge in [-0.15, -0.1) is 0 Å². The van der Waals surface area contributed by atoms with Crippen molar-refractivity contribution in [3.63, 3.8) is 0 Å². The normalized spacial score (nSPS) is 13.9. The first kappa shape index (κ1) is 19.9. The number of aryl methyl sites for hydroxylation is 1. The zero-order valence-corrected chi connectivity index (χ0v) is 17.3. The highest BCUT2D eigenvalue weighted by atomic mass is 35.5. The molecule has 4 rings (SSSR count). The number of nitrogens with zero attached hydrogens (tertiary/aromatic N) is 1. The van der Waals surface area contributed by atoms with Crippen LogP contribution in [-0.2, 0) is 16.0 Å². The summed E-state index contributed by atoms with van der Waals surface area (Å²) in [5, 5.41) is 3.88. The van der Waals surface area contributed by atoms with Gasteiger partial charge in [0.2, 0.25) is 0 Å². The highest BCUT2D eigenvalue weighted by molar-refractivity contribution is 6.36. The molecule has 150 valence electrons. The Morgan fingerprint density at radius 2 is 1.50 bits per heavy atom. The van der Waals surface area contributed by atoms with Crippen molar-refractivity contribution >= 4 is 34.7 Å². The molecule has 0 fully saturated rings. The van der Waals surface area contributed by atoms with Crippen LogP contribution in [0.15, 0.2) is 84.6 Å². The van der Waals surface area contributed by atoms with Crippen LogP contribution in [0.4, 0.5) is 5.69 Å². The number of amides is 2. The molecule has 4 nitrogen and oxygen atoms in total. The lowest BCUT2D eigenvalue weighted by Crippen LogP contribution is -2.34. The Balaban J connectivity index is 1.65. The van der Waals surface area contributed by atoms with Crippen LogP contribution in [0, 0.1) is 6.92 Å². The van der Waals surface area contributed by atoms with Crippen LogP contribution in [0.2, 0.25) is 5.02 Å². The van der Waals surface area contributed by atoms with Gasteiger partial charge in [-0.3, -0.25) is 14.5 Å². The largest absolute Gasteiger partial charge is 0.350 e. The number of carbonyl (C=O) groups excluding carboxylic acids is 2. The fourth-order valence-corrected chi connectivity index (χ4v) is 3.63. The van der Waals surface area contributed by atoms with Crippen molar-refractivity contribution in [1.82, 2.24) is 4.90 Å². The van der Waals surface area contributed by atoms with E-state index in [0.717, 1.165) is 22.4 Å². The Bertz CT molecular complexity index is 1120. The lowest BCUT2D eigenvalue weighted by atomic mass is 10.0. The van der Waals surface area contributed by atoms with E-state index in [2.05, 4.69) is 5.32 Å². The summed E-state index contributed by atoms with van der Waals surface area (Å²) in [6.45, 7) is 2.26. The Morgan fingerprint density at radius 3 is 2.20 bits per heavy atom. The van der Waals surface area contributed by atoms with E-state index in [1.165, 1.54) is 4.90 Å². The molecule has 0 unspecified atom stereocenters. The van der Waals surface area contributed by atoms with Crippen LogP contribution in [0.5, 0.6) is 0 Å². The van der Waals surface area contributed by atoms with Crippen LogP contribution in [-0.4, -0.2) is 23.3 Å². The minimum Gasteiger partial charge on any atom is -0.350 e. The van der Waals surface area contributed by atoms with E-state index in [0.29, 0.717) is 29.3 Å². The third-order valence-corrected chi connectivity index (χ3v) is 5.42. The van der Waals surface area contributed by atoms with Crippen LogP contribution < -0.4 is 5.32 Å². The van der Waals surface area contributed by atoms with Crippen LogP contribution >= 0.6 is 11.6 Å². The number of hydrogen-bond acceptors (Lipinski definition) is 3. The van der Waals surface area contributed by atoms with Gasteiger partial charge in [0.1, 0.15) is 5.70 Å². The maximum atomic E-state index is 13.3. The van der Waals surface area contributed by atoms with Crippen molar-refractivity contribution in [3.05, 3.63) is 106 Å². The highest BCUT2D eigenvalue weighted by Crippen LogP contribution is 2.31. The summed E-state index contributed by atoms with van der Waals surface area (Å²) < 4.78 is 0. The molecule has 5 heteroatoms. The van der Waals surface area contributed by atoms with Gasteiger partial charge in [-0.1, -0.05) is 72.3 Å². The number of hydrogen-bond donors (Lipinski definition) is 1. The maximum Gasteiger partial charge on any atom is 0.278 e. The van der Waals surface area contributed by atoms with Crippen molar-refractivity contribution < 1.29 is 9.59 Å². The first-order valence-electron chi connectivity index (χ1n) is 9.77. The van der Waals surface area contributed by atoms with Crippen molar-refractivity contribution in [1.29, 1.82) is 0 Å². The Morgan fingerprint density at radius 1 is 0.833 bits per heavy atom. The summed E-state index contributed by atoms with van der Waals surface area (Å²) in [6.07, 6.45) is 0.564. The zero-order valence-electron chi connectivity index (χ0n) is 16.6. The highest BCUT2D eigenvalue weighted by Gasteiger charge is 2.38. The van der Waals surface area contributed by atoms with E-state index >= 15 is 0 Å². The minimum absolute atomic E-state index is 0.281. The molecule has 1 heterocycles. The number of anilines is 1. The second kappa shape index (κ2) is 8.56. The molecule has 2 amide bonds. The molecule has 1 aliphatic heterocycles. The van der Waals surface area contributed by atoms with Gasteiger partial charge < -0.3 is 5.32 Å². The molecule has 3 aromatic carbocycles. The average molecular weight is 417 g/mol. The molecular formula is C25H21ClN2O2. The van der Waals surface area contributed by atoms with Crippen molar-refractivity contribution in [2.45, 2.75) is 13.3 Å². The molecule has 0 radical (unpaired) electrons. The van der Waals surface area contributed by atoms with E-state index < -0.39 is 0 Å². The van der Waals surface area contributed by atoms with Gasteiger partial charge >= 0.3 is 0 Å². The molecular weight excluding hydrogens is 396 g/mol. The quantitative estimate of drug-likeness (QED) is 0.570. The monoisotopic (exact) mass is 416 g/mol. The lowest BCUT2D eigenvalue weighted by molar-refractivity contribution is -0.136. The second-order valence-corrected chi connectivity index (χ2v) is 7.63. The summed E-state index contributed by atoms with van der Waals surface area (Å²) in [6, 6.07) is 24.4. The SMILES string of the molecule is Cc1ccccc1NC1=C(c2ccccc2)C(=O)N(CCc2ccc(Cl)cc2)C1=O. The van der Waals surface area contributed by atoms with E-state index in [1.54, 1.807) is 0 Å². The van der Waals surface area contributed by atoms with Gasteiger partial charge in [-0.25, -0.2) is 0 Å². The van der Waals surface area contributed by atoms with Crippen LogP contribution in [0.3, 0.4) is 0 Å². The molecule has 0 atom stereocenters. The predicted molar refractivity (Wildman–Crippen MR) is 120 cm³/mol. The van der Waals surface area contributed by atoms with E-state index in [9.17, 15) is 9.59 Å². The number of imide groups is 1. The smallest absolute Gasteiger partial charge is 0.278 e. The topological polar surface area (TPSA) is 49.4 Å². The second-order valence-electron chi connectivity index (χ2n) is 7.19. The van der Waals surface area contributed by atoms with Gasteiger partial charge in [-0.05, 0) is 48.2 Å². The molecule has 0 saturated carbocycles. The minimum atomic E-state index is -0.309. The summed E-state index contributed by atoms with van der Waals surface area (Å²) in [7, 11) is 0. The maximum absolute atomic E-state index is 13.3. The Labute approximate surface area is 180 Å². The van der Waals surface area contributed by atoms with Crippen LogP contribution in [0.1, 0.15) is 16.7 Å². The fourth-order valence-electron chi connectivity index (χ4n) is 3.51. The van der Waals surface area contributed by atoms with Gasteiger partial charge in [0, 0.05) is 17.3 Å². The molecule has 3 aromatic rings. The van der Waals surface area contributed by atoms with Crippen molar-refractivity contribution in [2.75, 3.05) is 11.9 Å². The fraction of sp³-hybridized carbons (Fsp3) is 0.120. The summed E-state index contributed by atoms with van der Waals surface area (Å²) in [4.78, 5) is 27.8. The summed E-state index contributed by atoms with van der Waals surface area (Å²) in [5.41, 5.74) is 4.26. The molecule has 0 aliphatic carbocycles. The van der Waals surface area contributed by atoms with E-state index in [-0.39, 0.29) is 11.8 Å². The van der Waals surface area contributed by atoms with E-state index in [1.807, 2.05) is 85.8 Å².